The second-order valence-electron chi connectivity index (χ2n) is 4.75. The number of benzene rings is 2. The van der Waals surface area contributed by atoms with Crippen LogP contribution in [-0.2, 0) is 10.3 Å². The van der Waals surface area contributed by atoms with E-state index in [-0.39, 0.29) is 0 Å². The summed E-state index contributed by atoms with van der Waals surface area (Å²) < 4.78 is 0.825. The number of hydrogen-bond donors (Lipinski definition) is 2. The number of halogens is 3. The van der Waals surface area contributed by atoms with Gasteiger partial charge in [0.2, 0.25) is 5.91 Å². The maximum Gasteiger partial charge on any atom is 0.247 e. The van der Waals surface area contributed by atoms with E-state index in [1.54, 1.807) is 43.3 Å². The van der Waals surface area contributed by atoms with Gasteiger partial charge in [0, 0.05) is 25.8 Å². The van der Waals surface area contributed by atoms with Crippen molar-refractivity contribution in [2.75, 3.05) is 5.32 Å². The molecule has 1 amide bonds. The molecule has 0 aliphatic heterocycles. The topological polar surface area (TPSA) is 55.1 Å². The van der Waals surface area contributed by atoms with Gasteiger partial charge >= 0.3 is 0 Å². The van der Waals surface area contributed by atoms with Crippen LogP contribution >= 0.6 is 39.1 Å². The first-order valence-corrected chi connectivity index (χ1v) is 7.67. The zero-order valence-electron chi connectivity index (χ0n) is 11.2. The Hall–Kier alpha value is -1.23. The molecule has 0 saturated carbocycles. The first kappa shape index (κ1) is 16.1. The highest BCUT2D eigenvalue weighted by molar-refractivity contribution is 9.10. The summed E-state index contributed by atoms with van der Waals surface area (Å²) in [6.45, 7) is 1.69. The molecule has 2 aromatic rings. The van der Waals surface area contributed by atoms with Crippen LogP contribution in [0, 0.1) is 0 Å². The van der Waals surface area contributed by atoms with Crippen LogP contribution in [0.4, 0.5) is 5.69 Å². The predicted molar refractivity (Wildman–Crippen MR) is 90.8 cm³/mol. The number of hydrogen-bond acceptors (Lipinski definition) is 2. The molecule has 2 aromatic carbocycles. The quantitative estimate of drug-likeness (QED) is 0.807. The molecule has 0 radical (unpaired) electrons. The minimum absolute atomic E-state index is 0.445. The minimum atomic E-state index is -1.15. The molecule has 0 aromatic heterocycles. The summed E-state index contributed by atoms with van der Waals surface area (Å²) in [4.78, 5) is 12.0. The largest absolute Gasteiger partial charge is 0.368 e. The summed E-state index contributed by atoms with van der Waals surface area (Å²) in [7, 11) is 0. The van der Waals surface area contributed by atoms with Crippen molar-refractivity contribution in [1.82, 2.24) is 0 Å². The van der Waals surface area contributed by atoms with E-state index in [0.29, 0.717) is 21.3 Å². The molecule has 110 valence electrons. The Kier molecular flexibility index (Phi) is 4.81. The van der Waals surface area contributed by atoms with Crippen molar-refractivity contribution in [2.45, 2.75) is 12.5 Å². The van der Waals surface area contributed by atoms with Crippen LogP contribution in [0.25, 0.3) is 0 Å². The molecule has 1 unspecified atom stereocenters. The van der Waals surface area contributed by atoms with Crippen molar-refractivity contribution in [3.05, 3.63) is 62.5 Å². The summed E-state index contributed by atoms with van der Waals surface area (Å²) >= 11 is 15.6. The molecule has 2 rings (SSSR count). The van der Waals surface area contributed by atoms with Gasteiger partial charge in [0.25, 0.3) is 0 Å². The lowest BCUT2D eigenvalue weighted by atomic mass is 9.90. The molecule has 0 spiro atoms. The van der Waals surface area contributed by atoms with Crippen LogP contribution in [0.1, 0.15) is 12.5 Å². The van der Waals surface area contributed by atoms with Crippen molar-refractivity contribution in [3.63, 3.8) is 0 Å². The lowest BCUT2D eigenvalue weighted by Crippen LogP contribution is -2.45. The van der Waals surface area contributed by atoms with Crippen LogP contribution in [-0.4, -0.2) is 5.91 Å². The molecule has 0 bridgehead atoms. The summed E-state index contributed by atoms with van der Waals surface area (Å²) in [5.41, 5.74) is 5.72. The molecule has 0 aliphatic carbocycles. The predicted octanol–water partition coefficient (Wildman–Crippen LogP) is 4.57. The van der Waals surface area contributed by atoms with E-state index in [2.05, 4.69) is 21.2 Å². The highest BCUT2D eigenvalue weighted by atomic mass is 79.9. The van der Waals surface area contributed by atoms with E-state index < -0.39 is 11.4 Å². The lowest BCUT2D eigenvalue weighted by Gasteiger charge is -2.30. The van der Waals surface area contributed by atoms with Crippen molar-refractivity contribution < 1.29 is 4.79 Å². The maximum absolute atomic E-state index is 12.0. The maximum atomic E-state index is 12.0. The standard InChI is InChI=1S/C15H13BrCl2N2O/c1-15(14(19)21,12-6-5-9(16)7-13(12)18)20-11-4-2-3-10(17)8-11/h2-8,20H,1H3,(H2,19,21). The Labute approximate surface area is 141 Å². The normalized spacial score (nSPS) is 13.5. The Balaban J connectivity index is 2.48. The highest BCUT2D eigenvalue weighted by Crippen LogP contribution is 2.33. The number of rotatable bonds is 4. The van der Waals surface area contributed by atoms with Gasteiger partial charge in [-0.15, -0.1) is 0 Å². The average Bonchev–Trinajstić information content (AvgIpc) is 2.38. The third kappa shape index (κ3) is 3.51. The van der Waals surface area contributed by atoms with Crippen molar-refractivity contribution in [1.29, 1.82) is 0 Å². The third-order valence-electron chi connectivity index (χ3n) is 3.18. The van der Waals surface area contributed by atoms with Crippen LogP contribution in [0.15, 0.2) is 46.9 Å². The van der Waals surface area contributed by atoms with Gasteiger partial charge in [-0.25, -0.2) is 0 Å². The first-order valence-electron chi connectivity index (χ1n) is 6.12. The number of primary amides is 1. The molecule has 1 atom stereocenters. The van der Waals surface area contributed by atoms with Crippen LogP contribution in [0.3, 0.4) is 0 Å². The summed E-state index contributed by atoms with van der Waals surface area (Å²) in [5.74, 6) is -0.535. The fourth-order valence-electron chi connectivity index (χ4n) is 2.01. The third-order valence-corrected chi connectivity index (χ3v) is 4.22. The molecule has 0 fully saturated rings. The van der Waals surface area contributed by atoms with Gasteiger partial charge in [0.05, 0.1) is 0 Å². The number of carbonyl (C=O) groups excluding carboxylic acids is 1. The van der Waals surface area contributed by atoms with E-state index in [4.69, 9.17) is 28.9 Å². The molecule has 3 N–H and O–H groups in total. The molecular formula is C15H13BrCl2N2O. The Bertz CT molecular complexity index is 693. The molecular weight excluding hydrogens is 375 g/mol. The zero-order chi connectivity index (χ0) is 15.6. The zero-order valence-corrected chi connectivity index (χ0v) is 14.3. The van der Waals surface area contributed by atoms with Gasteiger partial charge in [-0.3, -0.25) is 4.79 Å². The number of nitrogens with one attached hydrogen (secondary N) is 1. The van der Waals surface area contributed by atoms with Gasteiger partial charge in [0.1, 0.15) is 5.54 Å². The highest BCUT2D eigenvalue weighted by Gasteiger charge is 2.35. The molecule has 6 heteroatoms. The summed E-state index contributed by atoms with van der Waals surface area (Å²) in [6, 6.07) is 12.3. The Morgan fingerprint density at radius 2 is 1.95 bits per heavy atom. The van der Waals surface area contributed by atoms with E-state index in [1.165, 1.54) is 0 Å². The fourth-order valence-corrected chi connectivity index (χ4v) is 3.06. The molecule has 0 saturated heterocycles. The number of anilines is 1. The van der Waals surface area contributed by atoms with Gasteiger partial charge in [-0.1, -0.05) is 51.3 Å². The Morgan fingerprint density at radius 3 is 2.52 bits per heavy atom. The lowest BCUT2D eigenvalue weighted by molar-refractivity contribution is -0.122. The summed E-state index contributed by atoms with van der Waals surface area (Å²) in [6.07, 6.45) is 0. The average molecular weight is 388 g/mol. The van der Waals surface area contributed by atoms with Crippen LogP contribution in [0.2, 0.25) is 10.0 Å². The molecule has 0 aliphatic rings. The summed E-state index contributed by atoms with van der Waals surface area (Å²) in [5, 5.41) is 4.12. The SMILES string of the molecule is CC(Nc1cccc(Cl)c1)(C(N)=O)c1ccc(Br)cc1Cl. The van der Waals surface area contributed by atoms with Crippen molar-refractivity contribution in [2.24, 2.45) is 5.73 Å². The molecule has 3 nitrogen and oxygen atoms in total. The number of nitrogens with two attached hydrogens (primary N) is 1. The second kappa shape index (κ2) is 6.26. The van der Waals surface area contributed by atoms with E-state index in [1.807, 2.05) is 6.07 Å². The van der Waals surface area contributed by atoms with E-state index in [9.17, 15) is 4.79 Å². The first-order chi connectivity index (χ1) is 9.83. The smallest absolute Gasteiger partial charge is 0.247 e. The van der Waals surface area contributed by atoms with Gasteiger partial charge in [0.15, 0.2) is 0 Å². The van der Waals surface area contributed by atoms with E-state index >= 15 is 0 Å². The number of carbonyl (C=O) groups is 1. The van der Waals surface area contributed by atoms with Gasteiger partial charge in [-0.2, -0.15) is 0 Å². The van der Waals surface area contributed by atoms with Gasteiger partial charge < -0.3 is 11.1 Å². The number of amides is 1. The van der Waals surface area contributed by atoms with Crippen LogP contribution in [0.5, 0.6) is 0 Å². The minimum Gasteiger partial charge on any atom is -0.368 e. The second-order valence-corrected chi connectivity index (χ2v) is 6.51. The molecule has 0 heterocycles. The monoisotopic (exact) mass is 386 g/mol. The fraction of sp³-hybridized carbons (Fsp3) is 0.133. The van der Waals surface area contributed by atoms with Crippen LogP contribution < -0.4 is 11.1 Å². The van der Waals surface area contributed by atoms with Crippen molar-refractivity contribution in [3.8, 4) is 0 Å². The van der Waals surface area contributed by atoms with Gasteiger partial charge in [-0.05, 0) is 37.3 Å². The van der Waals surface area contributed by atoms with E-state index in [0.717, 1.165) is 4.47 Å². The molecule has 21 heavy (non-hydrogen) atoms. The van der Waals surface area contributed by atoms with Crippen molar-refractivity contribution >= 4 is 50.7 Å². The Morgan fingerprint density at radius 1 is 1.24 bits per heavy atom.